The van der Waals surface area contributed by atoms with Crippen LogP contribution in [-0.2, 0) is 5.41 Å². The van der Waals surface area contributed by atoms with E-state index in [4.69, 9.17) is 4.42 Å². The van der Waals surface area contributed by atoms with Crippen molar-refractivity contribution in [3.8, 4) is 22.3 Å². The lowest BCUT2D eigenvalue weighted by molar-refractivity contribution is 0.669. The highest BCUT2D eigenvalue weighted by molar-refractivity contribution is 7.99. The molecule has 11 aromatic carbocycles. The summed E-state index contributed by atoms with van der Waals surface area (Å²) in [7, 11) is -2.90. The number of anilines is 3. The molecule has 334 valence electrons. The van der Waals surface area contributed by atoms with Gasteiger partial charge in [0.05, 0.1) is 11.1 Å². The fraction of sp³-hybridized carbons (Fsp3) is 0.0149. The Labute approximate surface area is 419 Å². The van der Waals surface area contributed by atoms with E-state index in [9.17, 15) is 0 Å². The minimum atomic E-state index is -2.90. The van der Waals surface area contributed by atoms with Crippen LogP contribution in [0.1, 0.15) is 22.3 Å². The minimum Gasteiger partial charge on any atom is -0.456 e. The predicted octanol–water partition coefficient (Wildman–Crippen LogP) is 14.9. The van der Waals surface area contributed by atoms with Gasteiger partial charge in [-0.05, 0) is 108 Å². The molecule has 71 heavy (non-hydrogen) atoms. The largest absolute Gasteiger partial charge is 0.456 e. The van der Waals surface area contributed by atoms with Gasteiger partial charge in [-0.1, -0.05) is 236 Å². The van der Waals surface area contributed by atoms with Crippen LogP contribution >= 0.6 is 11.8 Å². The summed E-state index contributed by atoms with van der Waals surface area (Å²) in [6.07, 6.45) is 0. The smallest absolute Gasteiger partial charge is 0.180 e. The van der Waals surface area contributed by atoms with Gasteiger partial charge in [-0.3, -0.25) is 0 Å². The van der Waals surface area contributed by atoms with Crippen LogP contribution in [0.2, 0.25) is 0 Å². The molecule has 0 fully saturated rings. The van der Waals surface area contributed by atoms with Gasteiger partial charge in [0.1, 0.15) is 11.2 Å². The number of nitrogens with zero attached hydrogens (tertiary/aromatic N) is 1. The maximum Gasteiger partial charge on any atom is 0.180 e. The van der Waals surface area contributed by atoms with Gasteiger partial charge in [0.15, 0.2) is 8.07 Å². The molecular formula is C67H45NOSSi. The third-order valence-electron chi connectivity index (χ3n) is 15.1. The number of fused-ring (bicyclic) bond motifs is 11. The molecule has 2 aliphatic rings. The third kappa shape index (κ3) is 6.21. The van der Waals surface area contributed by atoms with Gasteiger partial charge in [-0.15, -0.1) is 0 Å². The van der Waals surface area contributed by atoms with Crippen LogP contribution in [0, 0.1) is 0 Å². The molecule has 0 radical (unpaired) electrons. The second kappa shape index (κ2) is 16.6. The highest BCUT2D eigenvalue weighted by Crippen LogP contribution is 2.59. The molecule has 1 aromatic heterocycles. The molecular weight excluding hydrogens is 895 g/mol. The van der Waals surface area contributed by atoms with Crippen LogP contribution in [0.4, 0.5) is 17.1 Å². The molecule has 2 nitrogen and oxygen atoms in total. The van der Waals surface area contributed by atoms with Gasteiger partial charge in [0.2, 0.25) is 0 Å². The van der Waals surface area contributed by atoms with Crippen molar-refractivity contribution < 1.29 is 4.42 Å². The average molecular weight is 940 g/mol. The normalized spacial score (nSPS) is 13.8. The van der Waals surface area contributed by atoms with E-state index in [-0.39, 0.29) is 0 Å². The molecule has 4 heteroatoms. The molecule has 0 unspecified atom stereocenters. The number of benzene rings is 11. The summed E-state index contributed by atoms with van der Waals surface area (Å²) >= 11 is 1.89. The van der Waals surface area contributed by atoms with E-state index in [1.807, 2.05) is 17.8 Å². The first-order valence-electron chi connectivity index (χ1n) is 24.4. The third-order valence-corrected chi connectivity index (χ3v) is 21.2. The zero-order valence-corrected chi connectivity index (χ0v) is 40.6. The summed E-state index contributed by atoms with van der Waals surface area (Å²) in [6.45, 7) is 0. The number of rotatable bonds is 7. The molecule has 2 aliphatic heterocycles. The van der Waals surface area contributed by atoms with Gasteiger partial charge in [-0.2, -0.15) is 0 Å². The van der Waals surface area contributed by atoms with Crippen molar-refractivity contribution in [3.63, 3.8) is 0 Å². The molecule has 0 saturated heterocycles. The number of hydrogen-bond donors (Lipinski definition) is 0. The van der Waals surface area contributed by atoms with Crippen molar-refractivity contribution >= 4 is 79.6 Å². The average Bonchev–Trinajstić information content (AvgIpc) is 3.83. The first-order chi connectivity index (χ1) is 35.2. The number of para-hydroxylation sites is 1. The summed E-state index contributed by atoms with van der Waals surface area (Å²) in [4.78, 5) is 4.94. The zero-order chi connectivity index (χ0) is 46.9. The van der Waals surface area contributed by atoms with Crippen molar-refractivity contribution in [2.45, 2.75) is 15.2 Å². The van der Waals surface area contributed by atoms with Crippen LogP contribution in [0.25, 0.3) is 44.2 Å². The Hall–Kier alpha value is -8.41. The molecule has 0 aliphatic carbocycles. The first kappa shape index (κ1) is 41.5. The fourth-order valence-corrected chi connectivity index (χ4v) is 18.8. The van der Waals surface area contributed by atoms with Gasteiger partial charge >= 0.3 is 0 Å². The Balaban J connectivity index is 1.04. The highest BCUT2D eigenvalue weighted by atomic mass is 32.2. The Bertz CT molecular complexity index is 3890. The second-order valence-corrected chi connectivity index (χ2v) is 23.4. The number of furan rings is 1. The lowest BCUT2D eigenvalue weighted by Crippen LogP contribution is -2.79. The van der Waals surface area contributed by atoms with E-state index in [0.29, 0.717) is 0 Å². The van der Waals surface area contributed by atoms with Crippen LogP contribution in [0.3, 0.4) is 0 Å². The summed E-state index contributed by atoms with van der Waals surface area (Å²) in [6, 6.07) is 101. The maximum absolute atomic E-state index is 6.64. The standard InChI is InChI=1S/C67H45NOSSi/c1-4-21-46(22-5-1)52-27-10-11-28-53(52)47-39-41-48(42-40-47)68(49-43-44-55-54-29-12-16-35-61(54)69-62(55)45-49)60-34-20-33-59-66(60)70-63-36-17-13-30-56(63)67(59)57-31-14-18-37-64(57)71(50-23-6-2-7-24-50,51-25-8-3-9-26-51)65-38-19-15-32-58(65)67/h1-45H. The molecule has 0 atom stereocenters. The molecule has 12 aromatic rings. The van der Waals surface area contributed by atoms with Crippen molar-refractivity contribution in [3.05, 3.63) is 295 Å². The van der Waals surface area contributed by atoms with Crippen molar-refractivity contribution in [2.24, 2.45) is 0 Å². The summed E-state index contributed by atoms with van der Waals surface area (Å²) in [5.74, 6) is 0. The molecule has 0 saturated carbocycles. The van der Waals surface area contributed by atoms with Crippen molar-refractivity contribution in [1.82, 2.24) is 0 Å². The molecule has 0 amide bonds. The Morgan fingerprint density at radius 2 is 0.873 bits per heavy atom. The number of hydrogen-bond acceptors (Lipinski definition) is 3. The minimum absolute atomic E-state index is 0.639. The van der Waals surface area contributed by atoms with Gasteiger partial charge in [0, 0.05) is 38.0 Å². The van der Waals surface area contributed by atoms with E-state index in [0.717, 1.165) is 44.6 Å². The monoisotopic (exact) mass is 939 g/mol. The van der Waals surface area contributed by atoms with Gasteiger partial charge < -0.3 is 9.32 Å². The highest BCUT2D eigenvalue weighted by Gasteiger charge is 2.57. The SMILES string of the molecule is c1ccc(-c2ccccc2-c2ccc(N(c3ccc4c(c3)oc3ccccc34)c3cccc4c3Sc3ccccc3C43c4ccccc4[Si](c4ccccc4)(c4ccccc4)c4ccccc43)cc2)cc1. The summed E-state index contributed by atoms with van der Waals surface area (Å²) in [5.41, 5.74) is 14.4. The van der Waals surface area contributed by atoms with Crippen LogP contribution < -0.4 is 25.6 Å². The molecule has 14 rings (SSSR count). The van der Waals surface area contributed by atoms with Crippen molar-refractivity contribution in [2.75, 3.05) is 4.90 Å². The van der Waals surface area contributed by atoms with E-state index >= 15 is 0 Å². The molecule has 0 bridgehead atoms. The van der Waals surface area contributed by atoms with Gasteiger partial charge in [-0.25, -0.2) is 0 Å². The van der Waals surface area contributed by atoms with E-state index < -0.39 is 13.5 Å². The molecule has 0 N–H and O–H groups in total. The molecule has 1 spiro atoms. The fourth-order valence-electron chi connectivity index (χ4n) is 12.2. The zero-order valence-electron chi connectivity index (χ0n) is 38.7. The summed E-state index contributed by atoms with van der Waals surface area (Å²) < 4.78 is 6.64. The van der Waals surface area contributed by atoms with Crippen molar-refractivity contribution in [1.29, 1.82) is 0 Å². The second-order valence-electron chi connectivity index (χ2n) is 18.6. The Morgan fingerprint density at radius 1 is 0.366 bits per heavy atom. The van der Waals surface area contributed by atoms with Crippen LogP contribution in [0.15, 0.2) is 287 Å². The van der Waals surface area contributed by atoms with E-state index in [1.54, 1.807) is 0 Å². The first-order valence-corrected chi connectivity index (χ1v) is 27.2. The van der Waals surface area contributed by atoms with Gasteiger partial charge in [0.25, 0.3) is 0 Å². The molecule has 3 heterocycles. The Morgan fingerprint density at radius 3 is 1.55 bits per heavy atom. The van der Waals surface area contributed by atoms with E-state index in [1.165, 1.54) is 69.5 Å². The van der Waals surface area contributed by atoms with Crippen LogP contribution in [-0.4, -0.2) is 8.07 Å². The maximum atomic E-state index is 6.64. The summed E-state index contributed by atoms with van der Waals surface area (Å²) in [5, 5.41) is 7.84. The van der Waals surface area contributed by atoms with Crippen LogP contribution in [0.5, 0.6) is 0 Å². The Kier molecular flexibility index (Phi) is 9.73. The van der Waals surface area contributed by atoms with E-state index in [2.05, 4.69) is 272 Å². The topological polar surface area (TPSA) is 16.4 Å². The quantitative estimate of drug-likeness (QED) is 0.148. The predicted molar refractivity (Wildman–Crippen MR) is 299 cm³/mol. The lowest BCUT2D eigenvalue weighted by Gasteiger charge is -2.52. The lowest BCUT2D eigenvalue weighted by atomic mass is 9.64.